The molecule has 7 heteroatoms. The second-order valence-corrected chi connectivity index (χ2v) is 8.34. The fourth-order valence-corrected chi connectivity index (χ4v) is 3.21. The minimum absolute atomic E-state index is 0.230. The summed E-state index contributed by atoms with van der Waals surface area (Å²) in [6.07, 6.45) is 1.15. The normalized spacial score (nSPS) is 13.7. The van der Waals surface area contributed by atoms with Gasteiger partial charge in [-0.25, -0.2) is 17.6 Å². The molecule has 0 aromatic heterocycles. The second-order valence-electron chi connectivity index (χ2n) is 6.32. The molecule has 0 fully saturated rings. The van der Waals surface area contributed by atoms with Crippen molar-refractivity contribution in [3.05, 3.63) is 65.5 Å². The number of amides is 2. The number of nitrogens with zero attached hydrogens (tertiary/aromatic N) is 1. The molecule has 5 nitrogen and oxygen atoms in total. The van der Waals surface area contributed by atoms with E-state index < -0.39 is 15.9 Å². The molecule has 2 amide bonds. The third kappa shape index (κ3) is 4.60. The van der Waals surface area contributed by atoms with Crippen molar-refractivity contribution in [2.75, 3.05) is 13.3 Å². The highest BCUT2D eigenvalue weighted by Gasteiger charge is 2.21. The van der Waals surface area contributed by atoms with Crippen LogP contribution in [0, 0.1) is 5.82 Å². The molecule has 2 atom stereocenters. The number of rotatable bonds is 5. The summed E-state index contributed by atoms with van der Waals surface area (Å²) >= 11 is 0. The zero-order valence-corrected chi connectivity index (χ0v) is 16.0. The molecule has 0 aliphatic rings. The zero-order valence-electron chi connectivity index (χ0n) is 15.2. The molecular formula is C19H23FN2O3S. The molecule has 0 unspecified atom stereocenters. The lowest BCUT2D eigenvalue weighted by atomic mass is 10.1. The van der Waals surface area contributed by atoms with Gasteiger partial charge in [-0.1, -0.05) is 30.3 Å². The Morgan fingerprint density at radius 2 is 1.65 bits per heavy atom. The summed E-state index contributed by atoms with van der Waals surface area (Å²) in [5.41, 5.74) is 1.22. The highest BCUT2D eigenvalue weighted by atomic mass is 32.2. The smallest absolute Gasteiger partial charge is 0.318 e. The zero-order chi connectivity index (χ0) is 19.5. The predicted molar refractivity (Wildman–Crippen MR) is 99.1 cm³/mol. The van der Waals surface area contributed by atoms with E-state index in [2.05, 4.69) is 5.32 Å². The maximum Gasteiger partial charge on any atom is 0.318 e. The highest BCUT2D eigenvalue weighted by molar-refractivity contribution is 7.90. The van der Waals surface area contributed by atoms with E-state index in [-0.39, 0.29) is 22.8 Å². The second kappa shape index (κ2) is 7.86. The first-order chi connectivity index (χ1) is 12.1. The van der Waals surface area contributed by atoms with Crippen LogP contribution in [0.25, 0.3) is 0 Å². The first kappa shape index (κ1) is 19.9. The van der Waals surface area contributed by atoms with Gasteiger partial charge in [0.2, 0.25) is 0 Å². The topological polar surface area (TPSA) is 66.5 Å². The lowest BCUT2D eigenvalue weighted by molar-refractivity contribution is 0.191. The monoisotopic (exact) mass is 378 g/mol. The van der Waals surface area contributed by atoms with Crippen LogP contribution in [0.4, 0.5) is 9.18 Å². The van der Waals surface area contributed by atoms with Crippen LogP contribution in [0.2, 0.25) is 0 Å². The van der Waals surface area contributed by atoms with Crippen LogP contribution in [0.5, 0.6) is 0 Å². The van der Waals surface area contributed by atoms with Crippen LogP contribution in [-0.2, 0) is 9.84 Å². The summed E-state index contributed by atoms with van der Waals surface area (Å²) < 4.78 is 36.9. The average Bonchev–Trinajstić information content (AvgIpc) is 2.60. The Bertz CT molecular complexity index is 882. The van der Waals surface area contributed by atoms with Crippen molar-refractivity contribution < 1.29 is 17.6 Å². The third-order valence-corrected chi connectivity index (χ3v) is 5.53. The van der Waals surface area contributed by atoms with Crippen molar-refractivity contribution in [1.29, 1.82) is 0 Å². The number of benzene rings is 2. The van der Waals surface area contributed by atoms with Crippen molar-refractivity contribution in [3.8, 4) is 0 Å². The van der Waals surface area contributed by atoms with Gasteiger partial charge in [0.15, 0.2) is 9.84 Å². The highest BCUT2D eigenvalue weighted by Crippen LogP contribution is 2.22. The predicted octanol–water partition coefficient (Wildman–Crippen LogP) is 3.69. The van der Waals surface area contributed by atoms with E-state index in [0.717, 1.165) is 11.8 Å². The van der Waals surface area contributed by atoms with Crippen LogP contribution in [-0.4, -0.2) is 32.7 Å². The molecule has 0 aliphatic heterocycles. The molecule has 0 saturated heterocycles. The number of nitrogens with one attached hydrogen (secondary N) is 1. The number of hydrogen-bond acceptors (Lipinski definition) is 3. The summed E-state index contributed by atoms with van der Waals surface area (Å²) in [4.78, 5) is 14.2. The van der Waals surface area contributed by atoms with Crippen molar-refractivity contribution in [2.24, 2.45) is 0 Å². The largest absolute Gasteiger partial charge is 0.331 e. The number of halogens is 1. The minimum Gasteiger partial charge on any atom is -0.331 e. The molecule has 140 valence electrons. The number of hydrogen-bond donors (Lipinski definition) is 1. The Labute approximate surface area is 153 Å². The SMILES string of the molecule is C[C@H](c1ccc(S(C)(=O)=O)cc1)N(C)C(=O)N[C@H](C)c1ccccc1F. The molecule has 0 spiro atoms. The van der Waals surface area contributed by atoms with Crippen LogP contribution < -0.4 is 5.32 Å². The molecule has 0 heterocycles. The fourth-order valence-electron chi connectivity index (χ4n) is 2.58. The van der Waals surface area contributed by atoms with Gasteiger partial charge in [0.25, 0.3) is 0 Å². The number of urea groups is 1. The van der Waals surface area contributed by atoms with Crippen molar-refractivity contribution in [3.63, 3.8) is 0 Å². The molecule has 2 aromatic rings. The first-order valence-corrected chi connectivity index (χ1v) is 10.1. The van der Waals surface area contributed by atoms with Crippen molar-refractivity contribution >= 4 is 15.9 Å². The van der Waals surface area contributed by atoms with Crippen LogP contribution >= 0.6 is 0 Å². The Hall–Kier alpha value is -2.41. The molecule has 0 saturated carbocycles. The number of carbonyl (C=O) groups is 1. The van der Waals surface area contributed by atoms with Gasteiger partial charge < -0.3 is 10.2 Å². The Morgan fingerprint density at radius 1 is 1.08 bits per heavy atom. The summed E-state index contributed by atoms with van der Waals surface area (Å²) in [6.45, 7) is 3.55. The maximum atomic E-state index is 13.8. The van der Waals surface area contributed by atoms with Gasteiger partial charge in [-0.2, -0.15) is 0 Å². The molecule has 26 heavy (non-hydrogen) atoms. The maximum absolute atomic E-state index is 13.8. The Balaban J connectivity index is 2.08. The summed E-state index contributed by atoms with van der Waals surface area (Å²) in [7, 11) is -1.62. The van der Waals surface area contributed by atoms with Gasteiger partial charge in [0.1, 0.15) is 5.82 Å². The lowest BCUT2D eigenvalue weighted by Gasteiger charge is -2.27. The van der Waals surface area contributed by atoms with E-state index in [4.69, 9.17) is 0 Å². The standard InChI is InChI=1S/C19H23FN2O3S/c1-13(17-7-5-6-8-18(17)20)21-19(23)22(3)14(2)15-9-11-16(12-10-15)26(4,24)25/h5-14H,1-4H3,(H,21,23)/t13-,14-/m1/s1. The van der Waals surface area contributed by atoms with E-state index >= 15 is 0 Å². The summed E-state index contributed by atoms with van der Waals surface area (Å²) in [6, 6.07) is 11.6. The summed E-state index contributed by atoms with van der Waals surface area (Å²) in [5.74, 6) is -0.368. The fraction of sp³-hybridized carbons (Fsp3) is 0.316. The molecule has 0 radical (unpaired) electrons. The molecule has 1 N–H and O–H groups in total. The molecular weight excluding hydrogens is 355 g/mol. The first-order valence-electron chi connectivity index (χ1n) is 8.19. The molecule has 0 aliphatic carbocycles. The van der Waals surface area contributed by atoms with Gasteiger partial charge in [-0.15, -0.1) is 0 Å². The van der Waals surface area contributed by atoms with Crippen molar-refractivity contribution in [1.82, 2.24) is 10.2 Å². The van der Waals surface area contributed by atoms with E-state index in [0.29, 0.717) is 5.56 Å². The van der Waals surface area contributed by atoms with Gasteiger partial charge in [-0.3, -0.25) is 0 Å². The minimum atomic E-state index is -3.26. The van der Waals surface area contributed by atoms with Gasteiger partial charge in [0.05, 0.1) is 17.0 Å². The number of sulfone groups is 1. The van der Waals surface area contributed by atoms with Gasteiger partial charge in [-0.05, 0) is 37.6 Å². The Kier molecular flexibility index (Phi) is 6.02. The third-order valence-electron chi connectivity index (χ3n) is 4.40. The molecule has 2 rings (SSSR count). The van der Waals surface area contributed by atoms with Crippen LogP contribution in [0.3, 0.4) is 0 Å². The van der Waals surface area contributed by atoms with E-state index in [9.17, 15) is 17.6 Å². The van der Waals surface area contributed by atoms with E-state index in [1.54, 1.807) is 44.3 Å². The van der Waals surface area contributed by atoms with Crippen molar-refractivity contribution in [2.45, 2.75) is 30.8 Å². The average molecular weight is 378 g/mol. The van der Waals surface area contributed by atoms with Crippen LogP contribution in [0.15, 0.2) is 53.4 Å². The molecule has 0 bridgehead atoms. The van der Waals surface area contributed by atoms with Crippen LogP contribution in [0.1, 0.15) is 37.1 Å². The Morgan fingerprint density at radius 3 is 2.19 bits per heavy atom. The quantitative estimate of drug-likeness (QED) is 0.863. The number of carbonyl (C=O) groups excluding carboxylic acids is 1. The van der Waals surface area contributed by atoms with Gasteiger partial charge >= 0.3 is 6.03 Å². The van der Waals surface area contributed by atoms with E-state index in [1.165, 1.54) is 23.1 Å². The molecule has 2 aromatic carbocycles. The van der Waals surface area contributed by atoms with Gasteiger partial charge in [0, 0.05) is 18.9 Å². The summed E-state index contributed by atoms with van der Waals surface area (Å²) in [5, 5.41) is 2.77. The lowest BCUT2D eigenvalue weighted by Crippen LogP contribution is -2.40. The van der Waals surface area contributed by atoms with E-state index in [1.807, 2.05) is 6.92 Å².